The molecule has 128 valence electrons. The predicted octanol–water partition coefficient (Wildman–Crippen LogP) is 0.872. The van der Waals surface area contributed by atoms with Crippen molar-refractivity contribution in [2.24, 2.45) is 0 Å². The lowest BCUT2D eigenvalue weighted by Gasteiger charge is -2.22. The number of benzene rings is 1. The smallest absolute Gasteiger partial charge is 0.277 e. The van der Waals surface area contributed by atoms with Crippen LogP contribution in [0.2, 0.25) is 0 Å². The number of para-hydroxylation sites is 1. The molecule has 1 aromatic rings. The van der Waals surface area contributed by atoms with Crippen LogP contribution in [0.1, 0.15) is 31.1 Å². The lowest BCUT2D eigenvalue weighted by molar-refractivity contribution is -0.137. The molecule has 0 radical (unpaired) electrons. The number of aliphatic hydroxyl groups excluding tert-OH is 1. The quantitative estimate of drug-likeness (QED) is 0.696. The van der Waals surface area contributed by atoms with Crippen molar-refractivity contribution >= 4 is 23.4 Å². The topological polar surface area (TPSA) is 98.7 Å². The Morgan fingerprint density at radius 2 is 1.88 bits per heavy atom. The maximum absolute atomic E-state index is 12.4. The number of nitrogens with zero attached hydrogens (tertiary/aromatic N) is 1. The van der Waals surface area contributed by atoms with E-state index in [2.05, 4.69) is 10.6 Å². The number of anilines is 1. The standard InChI is InChI=1S/C17H21N3O4/c1-17(2,3)19-15(23)11-6-4-5-7-12(11)18-13-10-14(22)20(8-9-21)16(13)24/h4-7,10,18,21H,8-9H2,1-3H3,(H,19,23). The van der Waals surface area contributed by atoms with Crippen molar-refractivity contribution in [2.45, 2.75) is 26.3 Å². The van der Waals surface area contributed by atoms with E-state index in [0.717, 1.165) is 11.0 Å². The number of nitrogens with one attached hydrogen (secondary N) is 2. The Labute approximate surface area is 140 Å². The van der Waals surface area contributed by atoms with Gasteiger partial charge in [0.05, 0.1) is 24.4 Å². The fraction of sp³-hybridized carbons (Fsp3) is 0.353. The van der Waals surface area contributed by atoms with Gasteiger partial charge < -0.3 is 15.7 Å². The van der Waals surface area contributed by atoms with E-state index in [9.17, 15) is 14.4 Å². The third-order valence-corrected chi connectivity index (χ3v) is 3.26. The highest BCUT2D eigenvalue weighted by atomic mass is 16.3. The molecule has 7 heteroatoms. The van der Waals surface area contributed by atoms with Gasteiger partial charge in [0.2, 0.25) is 0 Å². The van der Waals surface area contributed by atoms with Gasteiger partial charge in [-0.25, -0.2) is 0 Å². The van der Waals surface area contributed by atoms with Crippen LogP contribution in [-0.4, -0.2) is 46.4 Å². The molecular formula is C17H21N3O4. The first-order chi connectivity index (χ1) is 11.2. The Bertz CT molecular complexity index is 704. The van der Waals surface area contributed by atoms with Gasteiger partial charge in [-0.05, 0) is 32.9 Å². The summed E-state index contributed by atoms with van der Waals surface area (Å²) in [4.78, 5) is 37.3. The van der Waals surface area contributed by atoms with Crippen molar-refractivity contribution in [1.29, 1.82) is 0 Å². The molecule has 3 amide bonds. The first kappa shape index (κ1) is 17.7. The van der Waals surface area contributed by atoms with Crippen LogP contribution in [-0.2, 0) is 9.59 Å². The summed E-state index contributed by atoms with van der Waals surface area (Å²) in [6.07, 6.45) is 1.16. The number of β-amino-alcohol motifs (C(OH)–C–C–N with tert-alkyl or cyclic N) is 1. The first-order valence-electron chi connectivity index (χ1n) is 7.60. The molecule has 1 heterocycles. The van der Waals surface area contributed by atoms with Crippen LogP contribution in [0.15, 0.2) is 36.0 Å². The monoisotopic (exact) mass is 331 g/mol. The van der Waals surface area contributed by atoms with Crippen molar-refractivity contribution in [3.8, 4) is 0 Å². The molecule has 2 rings (SSSR count). The fourth-order valence-electron chi connectivity index (χ4n) is 2.25. The Balaban J connectivity index is 2.23. The summed E-state index contributed by atoms with van der Waals surface area (Å²) >= 11 is 0. The molecule has 1 aliphatic rings. The van der Waals surface area contributed by atoms with Gasteiger partial charge in [0.15, 0.2) is 0 Å². The number of rotatable bonds is 5. The van der Waals surface area contributed by atoms with Crippen LogP contribution < -0.4 is 10.6 Å². The zero-order chi connectivity index (χ0) is 17.9. The number of hydrogen-bond acceptors (Lipinski definition) is 5. The zero-order valence-electron chi connectivity index (χ0n) is 13.9. The highest BCUT2D eigenvalue weighted by Gasteiger charge is 2.31. The van der Waals surface area contributed by atoms with Gasteiger partial charge >= 0.3 is 0 Å². The van der Waals surface area contributed by atoms with E-state index in [1.807, 2.05) is 20.8 Å². The van der Waals surface area contributed by atoms with Crippen LogP contribution in [0.25, 0.3) is 0 Å². The number of hydrogen-bond donors (Lipinski definition) is 3. The van der Waals surface area contributed by atoms with Crippen molar-refractivity contribution in [3.05, 3.63) is 41.6 Å². The molecule has 24 heavy (non-hydrogen) atoms. The van der Waals surface area contributed by atoms with Gasteiger partial charge in [-0.15, -0.1) is 0 Å². The Morgan fingerprint density at radius 1 is 1.21 bits per heavy atom. The Hall–Kier alpha value is -2.67. The maximum Gasteiger partial charge on any atom is 0.277 e. The minimum absolute atomic E-state index is 0.0640. The molecule has 1 aliphatic heterocycles. The molecular weight excluding hydrogens is 310 g/mol. The first-order valence-corrected chi connectivity index (χ1v) is 7.60. The normalized spacial score (nSPS) is 14.7. The second kappa shape index (κ2) is 6.84. The van der Waals surface area contributed by atoms with Gasteiger partial charge in [-0.1, -0.05) is 12.1 Å². The summed E-state index contributed by atoms with van der Waals surface area (Å²) < 4.78 is 0. The Kier molecular flexibility index (Phi) is 5.04. The van der Waals surface area contributed by atoms with Gasteiger partial charge in [-0.2, -0.15) is 0 Å². The van der Waals surface area contributed by atoms with Gasteiger partial charge in [0.1, 0.15) is 5.70 Å². The third kappa shape index (κ3) is 3.99. The average molecular weight is 331 g/mol. The van der Waals surface area contributed by atoms with E-state index in [1.165, 1.54) is 0 Å². The van der Waals surface area contributed by atoms with Crippen LogP contribution in [0.4, 0.5) is 5.69 Å². The number of amides is 3. The third-order valence-electron chi connectivity index (χ3n) is 3.26. The van der Waals surface area contributed by atoms with Gasteiger partial charge in [0, 0.05) is 11.6 Å². The summed E-state index contributed by atoms with van der Waals surface area (Å²) in [5, 5.41) is 14.6. The SMILES string of the molecule is CC(C)(C)NC(=O)c1ccccc1NC1=CC(=O)N(CCO)C1=O. The summed E-state index contributed by atoms with van der Waals surface area (Å²) in [6.45, 7) is 5.24. The van der Waals surface area contributed by atoms with E-state index in [1.54, 1.807) is 24.3 Å². The average Bonchev–Trinajstić information content (AvgIpc) is 2.74. The minimum atomic E-state index is -0.528. The molecule has 0 aromatic heterocycles. The fourth-order valence-corrected chi connectivity index (χ4v) is 2.25. The van der Waals surface area contributed by atoms with Crippen LogP contribution in [0.5, 0.6) is 0 Å². The van der Waals surface area contributed by atoms with Crippen molar-refractivity contribution in [2.75, 3.05) is 18.5 Å². The van der Waals surface area contributed by atoms with E-state index in [4.69, 9.17) is 5.11 Å². The van der Waals surface area contributed by atoms with E-state index >= 15 is 0 Å². The van der Waals surface area contributed by atoms with Crippen molar-refractivity contribution in [1.82, 2.24) is 10.2 Å². The molecule has 0 aliphatic carbocycles. The van der Waals surface area contributed by atoms with Crippen LogP contribution in [0, 0.1) is 0 Å². The predicted molar refractivity (Wildman–Crippen MR) is 89.2 cm³/mol. The molecule has 3 N–H and O–H groups in total. The number of aliphatic hydroxyl groups is 1. The van der Waals surface area contributed by atoms with E-state index in [-0.39, 0.29) is 24.8 Å². The largest absolute Gasteiger partial charge is 0.395 e. The highest BCUT2D eigenvalue weighted by molar-refractivity contribution is 6.17. The van der Waals surface area contributed by atoms with Crippen LogP contribution >= 0.6 is 0 Å². The lowest BCUT2D eigenvalue weighted by Crippen LogP contribution is -2.40. The molecule has 0 atom stereocenters. The second-order valence-electron chi connectivity index (χ2n) is 6.45. The zero-order valence-corrected chi connectivity index (χ0v) is 13.9. The van der Waals surface area contributed by atoms with E-state index in [0.29, 0.717) is 11.3 Å². The summed E-state index contributed by atoms with van der Waals surface area (Å²) in [6, 6.07) is 6.74. The van der Waals surface area contributed by atoms with E-state index < -0.39 is 17.4 Å². The summed E-state index contributed by atoms with van der Waals surface area (Å²) in [5.74, 6) is -1.30. The molecule has 7 nitrogen and oxygen atoms in total. The summed E-state index contributed by atoms with van der Waals surface area (Å²) in [7, 11) is 0. The molecule has 0 fully saturated rings. The van der Waals surface area contributed by atoms with Crippen LogP contribution in [0.3, 0.4) is 0 Å². The molecule has 0 saturated carbocycles. The molecule has 0 bridgehead atoms. The molecule has 0 saturated heterocycles. The number of carbonyl (C=O) groups is 3. The minimum Gasteiger partial charge on any atom is -0.395 e. The van der Waals surface area contributed by atoms with Gasteiger partial charge in [0.25, 0.3) is 17.7 Å². The number of carbonyl (C=O) groups excluding carboxylic acids is 3. The molecule has 1 aromatic carbocycles. The number of imide groups is 1. The maximum atomic E-state index is 12.4. The molecule has 0 spiro atoms. The lowest BCUT2D eigenvalue weighted by atomic mass is 10.1. The van der Waals surface area contributed by atoms with Crippen molar-refractivity contribution < 1.29 is 19.5 Å². The Morgan fingerprint density at radius 3 is 2.50 bits per heavy atom. The highest BCUT2D eigenvalue weighted by Crippen LogP contribution is 2.21. The summed E-state index contributed by atoms with van der Waals surface area (Å²) in [5.41, 5.74) is 0.469. The van der Waals surface area contributed by atoms with Gasteiger partial charge in [-0.3, -0.25) is 19.3 Å². The molecule has 0 unspecified atom stereocenters. The van der Waals surface area contributed by atoms with Crippen molar-refractivity contribution in [3.63, 3.8) is 0 Å². The second-order valence-corrected chi connectivity index (χ2v) is 6.45.